The Kier molecular flexibility index (Phi) is 3.92. The zero-order chi connectivity index (χ0) is 10.6. The summed E-state index contributed by atoms with van der Waals surface area (Å²) in [5, 5.41) is 0. The molecule has 14 heavy (non-hydrogen) atoms. The number of hydrogen-bond acceptors (Lipinski definition) is 4. The van der Waals surface area contributed by atoms with Gasteiger partial charge in [0, 0.05) is 12.8 Å². The third-order valence-electron chi connectivity index (χ3n) is 2.06. The summed E-state index contributed by atoms with van der Waals surface area (Å²) in [4.78, 5) is 22.2. The lowest BCUT2D eigenvalue weighted by Crippen LogP contribution is -2.13. The van der Waals surface area contributed by atoms with E-state index in [-0.39, 0.29) is 24.0 Å². The SMILES string of the molecule is CCCC(=O)O[C@H]1C[C@H]1C(=O)OCC. The molecule has 0 spiro atoms. The second-order valence-electron chi connectivity index (χ2n) is 3.37. The Labute approximate surface area is 83.6 Å². The molecule has 0 amide bonds. The lowest BCUT2D eigenvalue weighted by atomic mass is 10.3. The number of esters is 2. The van der Waals surface area contributed by atoms with E-state index in [0.717, 1.165) is 6.42 Å². The van der Waals surface area contributed by atoms with Crippen LogP contribution in [0.1, 0.15) is 33.1 Å². The van der Waals surface area contributed by atoms with E-state index in [1.807, 2.05) is 6.92 Å². The Morgan fingerprint density at radius 3 is 2.64 bits per heavy atom. The standard InChI is InChI=1S/C10H16O4/c1-3-5-9(11)14-8-6-7(8)10(12)13-4-2/h7-8H,3-6H2,1-2H3/t7-,8+/m1/s1. The van der Waals surface area contributed by atoms with E-state index >= 15 is 0 Å². The molecule has 0 saturated heterocycles. The summed E-state index contributed by atoms with van der Waals surface area (Å²) in [6.45, 7) is 4.06. The largest absolute Gasteiger partial charge is 0.466 e. The molecule has 1 aliphatic rings. The minimum Gasteiger partial charge on any atom is -0.466 e. The van der Waals surface area contributed by atoms with Gasteiger partial charge in [-0.1, -0.05) is 6.92 Å². The zero-order valence-electron chi connectivity index (χ0n) is 8.62. The second kappa shape index (κ2) is 4.98. The van der Waals surface area contributed by atoms with Crippen molar-refractivity contribution in [2.45, 2.75) is 39.2 Å². The fraction of sp³-hybridized carbons (Fsp3) is 0.800. The summed E-state index contributed by atoms with van der Waals surface area (Å²) >= 11 is 0. The number of carbonyl (C=O) groups is 2. The fourth-order valence-corrected chi connectivity index (χ4v) is 1.23. The monoisotopic (exact) mass is 200 g/mol. The maximum Gasteiger partial charge on any atom is 0.312 e. The van der Waals surface area contributed by atoms with E-state index in [1.165, 1.54) is 0 Å². The fourth-order valence-electron chi connectivity index (χ4n) is 1.23. The molecule has 0 bridgehead atoms. The van der Waals surface area contributed by atoms with Crippen molar-refractivity contribution in [2.75, 3.05) is 6.61 Å². The summed E-state index contributed by atoms with van der Waals surface area (Å²) in [5.41, 5.74) is 0. The predicted molar refractivity (Wildman–Crippen MR) is 49.5 cm³/mol. The summed E-state index contributed by atoms with van der Waals surface area (Å²) < 4.78 is 9.85. The van der Waals surface area contributed by atoms with Gasteiger partial charge in [-0.2, -0.15) is 0 Å². The van der Waals surface area contributed by atoms with Crippen molar-refractivity contribution in [3.05, 3.63) is 0 Å². The molecule has 1 aliphatic carbocycles. The minimum atomic E-state index is -0.248. The van der Waals surface area contributed by atoms with Gasteiger partial charge in [-0.15, -0.1) is 0 Å². The Morgan fingerprint density at radius 1 is 1.36 bits per heavy atom. The average molecular weight is 200 g/mol. The smallest absolute Gasteiger partial charge is 0.312 e. The van der Waals surface area contributed by atoms with Gasteiger partial charge in [-0.05, 0) is 13.3 Å². The van der Waals surface area contributed by atoms with Gasteiger partial charge in [-0.25, -0.2) is 0 Å². The van der Waals surface area contributed by atoms with Crippen molar-refractivity contribution >= 4 is 11.9 Å². The van der Waals surface area contributed by atoms with Crippen LogP contribution in [-0.4, -0.2) is 24.6 Å². The van der Waals surface area contributed by atoms with Gasteiger partial charge in [-0.3, -0.25) is 9.59 Å². The van der Waals surface area contributed by atoms with Crippen molar-refractivity contribution in [1.82, 2.24) is 0 Å². The van der Waals surface area contributed by atoms with Crippen LogP contribution in [0.15, 0.2) is 0 Å². The van der Waals surface area contributed by atoms with Gasteiger partial charge < -0.3 is 9.47 Å². The molecule has 0 aliphatic heterocycles. The van der Waals surface area contributed by atoms with Gasteiger partial charge in [0.15, 0.2) is 0 Å². The van der Waals surface area contributed by atoms with E-state index in [1.54, 1.807) is 6.92 Å². The van der Waals surface area contributed by atoms with Crippen LogP contribution < -0.4 is 0 Å². The highest BCUT2D eigenvalue weighted by Crippen LogP contribution is 2.35. The lowest BCUT2D eigenvalue weighted by molar-refractivity contribution is -0.149. The molecule has 0 aromatic rings. The molecule has 0 radical (unpaired) electrons. The number of ether oxygens (including phenoxy) is 2. The molecule has 4 heteroatoms. The van der Waals surface area contributed by atoms with Crippen molar-refractivity contribution in [2.24, 2.45) is 5.92 Å². The Balaban J connectivity index is 2.19. The van der Waals surface area contributed by atoms with Gasteiger partial charge in [0.05, 0.1) is 12.5 Å². The first-order chi connectivity index (χ1) is 6.69. The Morgan fingerprint density at radius 2 is 2.07 bits per heavy atom. The molecule has 1 saturated carbocycles. The molecule has 1 fully saturated rings. The van der Waals surface area contributed by atoms with Crippen LogP contribution in [0, 0.1) is 5.92 Å². The number of hydrogen-bond donors (Lipinski definition) is 0. The zero-order valence-corrected chi connectivity index (χ0v) is 8.62. The van der Waals surface area contributed by atoms with Gasteiger partial charge in [0.25, 0.3) is 0 Å². The van der Waals surface area contributed by atoms with Crippen LogP contribution in [0.3, 0.4) is 0 Å². The molecule has 2 atom stereocenters. The molecule has 4 nitrogen and oxygen atoms in total. The average Bonchev–Trinajstić information content (AvgIpc) is 2.84. The molecular weight excluding hydrogens is 184 g/mol. The second-order valence-corrected chi connectivity index (χ2v) is 3.37. The van der Waals surface area contributed by atoms with Crippen LogP contribution in [-0.2, 0) is 19.1 Å². The highest BCUT2D eigenvalue weighted by Gasteiger charge is 2.47. The summed E-state index contributed by atoms with van der Waals surface area (Å²) in [6.07, 6.45) is 1.59. The van der Waals surface area contributed by atoms with Gasteiger partial charge in [0.2, 0.25) is 0 Å². The van der Waals surface area contributed by atoms with E-state index in [0.29, 0.717) is 19.4 Å². The normalized spacial score (nSPS) is 24.1. The van der Waals surface area contributed by atoms with Crippen molar-refractivity contribution in [3.63, 3.8) is 0 Å². The first-order valence-corrected chi connectivity index (χ1v) is 5.05. The first kappa shape index (κ1) is 11.0. The topological polar surface area (TPSA) is 52.6 Å². The van der Waals surface area contributed by atoms with E-state index in [4.69, 9.17) is 9.47 Å². The molecule has 0 aromatic heterocycles. The molecular formula is C10H16O4. The predicted octanol–water partition coefficient (Wildman–Crippen LogP) is 1.28. The number of carbonyl (C=O) groups excluding carboxylic acids is 2. The lowest BCUT2D eigenvalue weighted by Gasteiger charge is -2.02. The van der Waals surface area contributed by atoms with Crippen LogP contribution in [0.4, 0.5) is 0 Å². The highest BCUT2D eigenvalue weighted by atomic mass is 16.6. The number of rotatable bonds is 5. The Bertz CT molecular complexity index is 224. The van der Waals surface area contributed by atoms with Crippen LogP contribution >= 0.6 is 0 Å². The maximum absolute atomic E-state index is 11.1. The molecule has 1 rings (SSSR count). The third kappa shape index (κ3) is 3.01. The Hall–Kier alpha value is -1.06. The molecule has 0 unspecified atom stereocenters. The summed E-state index contributed by atoms with van der Waals surface area (Å²) in [6, 6.07) is 0. The molecule has 0 aromatic carbocycles. The van der Waals surface area contributed by atoms with E-state index in [2.05, 4.69) is 0 Å². The highest BCUT2D eigenvalue weighted by molar-refractivity contribution is 5.78. The minimum absolute atomic E-state index is 0.212. The van der Waals surface area contributed by atoms with Crippen LogP contribution in [0.2, 0.25) is 0 Å². The van der Waals surface area contributed by atoms with Crippen molar-refractivity contribution in [1.29, 1.82) is 0 Å². The van der Waals surface area contributed by atoms with Crippen molar-refractivity contribution < 1.29 is 19.1 Å². The summed E-state index contributed by atoms with van der Waals surface area (Å²) in [7, 11) is 0. The van der Waals surface area contributed by atoms with Gasteiger partial charge in [0.1, 0.15) is 6.10 Å². The van der Waals surface area contributed by atoms with Crippen LogP contribution in [0.5, 0.6) is 0 Å². The first-order valence-electron chi connectivity index (χ1n) is 5.05. The van der Waals surface area contributed by atoms with E-state index in [9.17, 15) is 9.59 Å². The van der Waals surface area contributed by atoms with Crippen molar-refractivity contribution in [3.8, 4) is 0 Å². The molecule has 0 N–H and O–H groups in total. The maximum atomic E-state index is 11.1. The molecule has 80 valence electrons. The van der Waals surface area contributed by atoms with Gasteiger partial charge >= 0.3 is 11.9 Å². The molecule has 0 heterocycles. The third-order valence-corrected chi connectivity index (χ3v) is 2.06. The van der Waals surface area contributed by atoms with Crippen LogP contribution in [0.25, 0.3) is 0 Å². The summed E-state index contributed by atoms with van der Waals surface area (Å²) in [5.74, 6) is -0.679. The quantitative estimate of drug-likeness (QED) is 0.627. The van der Waals surface area contributed by atoms with E-state index < -0.39 is 0 Å².